The highest BCUT2D eigenvalue weighted by Gasteiger charge is 2.22. The molecule has 0 spiro atoms. The zero-order chi connectivity index (χ0) is 13.1. The number of carbonyl (C=O) groups excluding carboxylic acids is 1. The molecule has 5 heteroatoms. The van der Waals surface area contributed by atoms with Crippen molar-refractivity contribution >= 4 is 17.6 Å². The van der Waals surface area contributed by atoms with Gasteiger partial charge < -0.3 is 15.3 Å². The van der Waals surface area contributed by atoms with Gasteiger partial charge in [0.1, 0.15) is 0 Å². The first-order valence-electron chi connectivity index (χ1n) is 5.94. The van der Waals surface area contributed by atoms with Gasteiger partial charge >= 0.3 is 5.97 Å². The summed E-state index contributed by atoms with van der Waals surface area (Å²) in [6, 6.07) is 5.22. The van der Waals surface area contributed by atoms with Crippen LogP contribution in [-0.2, 0) is 11.2 Å². The largest absolute Gasteiger partial charge is 0.478 e. The number of rotatable bonds is 3. The summed E-state index contributed by atoms with van der Waals surface area (Å²) in [5.41, 5.74) is 2.04. The summed E-state index contributed by atoms with van der Waals surface area (Å²) in [6.07, 6.45) is 1.62. The van der Waals surface area contributed by atoms with Gasteiger partial charge in [-0.2, -0.15) is 0 Å². The van der Waals surface area contributed by atoms with Crippen molar-refractivity contribution in [2.75, 3.05) is 25.0 Å². The Hall–Kier alpha value is -2.04. The highest BCUT2D eigenvalue weighted by Crippen LogP contribution is 2.29. The van der Waals surface area contributed by atoms with Crippen molar-refractivity contribution in [2.24, 2.45) is 0 Å². The summed E-state index contributed by atoms with van der Waals surface area (Å²) in [7, 11) is 1.60. The molecule has 0 saturated carbocycles. The molecule has 2 rings (SSSR count). The Morgan fingerprint density at radius 3 is 2.89 bits per heavy atom. The molecule has 0 radical (unpaired) electrons. The predicted octanol–water partition coefficient (Wildman–Crippen LogP) is 0.883. The van der Waals surface area contributed by atoms with Crippen molar-refractivity contribution in [3.05, 3.63) is 29.3 Å². The molecule has 1 amide bonds. The van der Waals surface area contributed by atoms with Gasteiger partial charge in [-0.25, -0.2) is 4.79 Å². The standard InChI is InChI=1S/C13H16N2O3/c1-14-12(16)8-15-7-3-5-9-10(13(17)18)4-2-6-11(9)15/h2,4,6H,3,5,7-8H2,1H3,(H,14,16)(H,17,18). The van der Waals surface area contributed by atoms with Crippen molar-refractivity contribution in [1.82, 2.24) is 5.32 Å². The predicted molar refractivity (Wildman–Crippen MR) is 68.0 cm³/mol. The Labute approximate surface area is 105 Å². The topological polar surface area (TPSA) is 69.6 Å². The zero-order valence-electron chi connectivity index (χ0n) is 10.3. The molecule has 0 atom stereocenters. The molecular formula is C13H16N2O3. The number of aromatic carboxylic acids is 1. The van der Waals surface area contributed by atoms with Crippen molar-refractivity contribution in [2.45, 2.75) is 12.8 Å². The SMILES string of the molecule is CNC(=O)CN1CCCc2c(C(=O)O)cccc21. The number of hydrogen-bond donors (Lipinski definition) is 2. The van der Waals surface area contributed by atoms with Crippen LogP contribution in [-0.4, -0.2) is 37.1 Å². The summed E-state index contributed by atoms with van der Waals surface area (Å²) in [4.78, 5) is 24.5. The van der Waals surface area contributed by atoms with Crippen molar-refractivity contribution < 1.29 is 14.7 Å². The molecule has 1 heterocycles. The van der Waals surface area contributed by atoms with Gasteiger partial charge in [0.05, 0.1) is 12.1 Å². The number of carboxylic acid groups (broad SMARTS) is 1. The van der Waals surface area contributed by atoms with E-state index in [-0.39, 0.29) is 12.5 Å². The number of nitrogens with zero attached hydrogens (tertiary/aromatic N) is 1. The minimum Gasteiger partial charge on any atom is -0.478 e. The molecule has 0 aromatic heterocycles. The third-order valence-corrected chi connectivity index (χ3v) is 3.19. The molecule has 0 unspecified atom stereocenters. The van der Waals surface area contributed by atoms with Crippen molar-refractivity contribution in [3.63, 3.8) is 0 Å². The average molecular weight is 248 g/mol. The van der Waals surface area contributed by atoms with Crippen LogP contribution in [0.3, 0.4) is 0 Å². The van der Waals surface area contributed by atoms with E-state index in [1.165, 1.54) is 0 Å². The van der Waals surface area contributed by atoms with E-state index in [1.807, 2.05) is 11.0 Å². The molecular weight excluding hydrogens is 232 g/mol. The second kappa shape index (κ2) is 5.08. The third-order valence-electron chi connectivity index (χ3n) is 3.19. The maximum atomic E-state index is 11.4. The van der Waals surface area contributed by atoms with Gasteiger partial charge in [0, 0.05) is 19.3 Å². The summed E-state index contributed by atoms with van der Waals surface area (Å²) in [6.45, 7) is 1.05. The molecule has 1 aliphatic rings. The lowest BCUT2D eigenvalue weighted by Crippen LogP contribution is -2.38. The highest BCUT2D eigenvalue weighted by molar-refractivity contribution is 5.92. The summed E-state index contributed by atoms with van der Waals surface area (Å²) in [5, 5.41) is 11.7. The van der Waals surface area contributed by atoms with Crippen LogP contribution in [0.1, 0.15) is 22.3 Å². The highest BCUT2D eigenvalue weighted by atomic mass is 16.4. The minimum atomic E-state index is -0.909. The van der Waals surface area contributed by atoms with E-state index in [1.54, 1.807) is 19.2 Å². The van der Waals surface area contributed by atoms with Crippen LogP contribution in [0, 0.1) is 0 Å². The van der Waals surface area contributed by atoms with E-state index < -0.39 is 5.97 Å². The van der Waals surface area contributed by atoms with Crippen LogP contribution in [0.25, 0.3) is 0 Å². The fourth-order valence-electron chi connectivity index (χ4n) is 2.32. The quantitative estimate of drug-likeness (QED) is 0.833. The molecule has 0 saturated heterocycles. The first-order chi connectivity index (χ1) is 8.63. The monoisotopic (exact) mass is 248 g/mol. The zero-order valence-corrected chi connectivity index (χ0v) is 10.3. The van der Waals surface area contributed by atoms with Gasteiger partial charge in [-0.1, -0.05) is 6.07 Å². The number of hydrogen-bond acceptors (Lipinski definition) is 3. The lowest BCUT2D eigenvalue weighted by atomic mass is 9.96. The number of amides is 1. The molecule has 1 aromatic rings. The number of likely N-dealkylation sites (N-methyl/N-ethyl adjacent to an activating group) is 1. The Balaban J connectivity index is 2.35. The number of nitrogens with one attached hydrogen (secondary N) is 1. The molecule has 1 aliphatic heterocycles. The normalized spacial score (nSPS) is 13.9. The van der Waals surface area contributed by atoms with Crippen LogP contribution >= 0.6 is 0 Å². The molecule has 0 fully saturated rings. The smallest absolute Gasteiger partial charge is 0.336 e. The van der Waals surface area contributed by atoms with Crippen molar-refractivity contribution in [3.8, 4) is 0 Å². The van der Waals surface area contributed by atoms with Gasteiger partial charge in [-0.05, 0) is 30.5 Å². The molecule has 0 aliphatic carbocycles. The van der Waals surface area contributed by atoms with Gasteiger partial charge in [0.2, 0.25) is 5.91 Å². The Bertz CT molecular complexity index is 485. The van der Waals surface area contributed by atoms with Crippen LogP contribution in [0.15, 0.2) is 18.2 Å². The van der Waals surface area contributed by atoms with Crippen LogP contribution < -0.4 is 10.2 Å². The lowest BCUT2D eigenvalue weighted by Gasteiger charge is -2.31. The first-order valence-corrected chi connectivity index (χ1v) is 5.94. The second-order valence-electron chi connectivity index (χ2n) is 4.31. The number of carbonyl (C=O) groups is 2. The van der Waals surface area contributed by atoms with E-state index in [2.05, 4.69) is 5.32 Å². The van der Waals surface area contributed by atoms with Gasteiger partial charge in [0.15, 0.2) is 0 Å². The maximum absolute atomic E-state index is 11.4. The van der Waals surface area contributed by atoms with Gasteiger partial charge in [0.25, 0.3) is 0 Å². The number of anilines is 1. The fraction of sp³-hybridized carbons (Fsp3) is 0.385. The first kappa shape index (κ1) is 12.4. The van der Waals surface area contributed by atoms with Crippen LogP contribution in [0.5, 0.6) is 0 Å². The molecule has 1 aromatic carbocycles. The minimum absolute atomic E-state index is 0.0661. The van der Waals surface area contributed by atoms with E-state index in [4.69, 9.17) is 5.11 Å². The lowest BCUT2D eigenvalue weighted by molar-refractivity contribution is -0.119. The van der Waals surface area contributed by atoms with E-state index in [0.717, 1.165) is 30.6 Å². The Morgan fingerprint density at radius 2 is 2.22 bits per heavy atom. The van der Waals surface area contributed by atoms with E-state index in [0.29, 0.717) is 5.56 Å². The van der Waals surface area contributed by atoms with Gasteiger partial charge in [-0.15, -0.1) is 0 Å². The van der Waals surface area contributed by atoms with Crippen LogP contribution in [0.4, 0.5) is 5.69 Å². The van der Waals surface area contributed by atoms with Gasteiger partial charge in [-0.3, -0.25) is 4.79 Å². The fourth-order valence-corrected chi connectivity index (χ4v) is 2.32. The van der Waals surface area contributed by atoms with Crippen molar-refractivity contribution in [1.29, 1.82) is 0 Å². The number of carboxylic acids is 1. The van der Waals surface area contributed by atoms with Crippen LogP contribution in [0.2, 0.25) is 0 Å². The summed E-state index contributed by atoms with van der Waals surface area (Å²) in [5.74, 6) is -0.975. The third kappa shape index (κ3) is 2.30. The van der Waals surface area contributed by atoms with E-state index >= 15 is 0 Å². The van der Waals surface area contributed by atoms with E-state index in [9.17, 15) is 9.59 Å². The molecule has 96 valence electrons. The molecule has 5 nitrogen and oxygen atoms in total. The maximum Gasteiger partial charge on any atom is 0.336 e. The molecule has 18 heavy (non-hydrogen) atoms. The number of benzene rings is 1. The molecule has 0 bridgehead atoms. The summed E-state index contributed by atoms with van der Waals surface area (Å²) >= 11 is 0. The number of fused-ring (bicyclic) bond motifs is 1. The summed E-state index contributed by atoms with van der Waals surface area (Å²) < 4.78 is 0. The molecule has 2 N–H and O–H groups in total. The Kier molecular flexibility index (Phi) is 3.50. The second-order valence-corrected chi connectivity index (χ2v) is 4.31. The average Bonchev–Trinajstić information content (AvgIpc) is 2.38. The Morgan fingerprint density at radius 1 is 1.44 bits per heavy atom.